The van der Waals surface area contributed by atoms with Crippen molar-refractivity contribution in [2.45, 2.75) is 12.5 Å². The standard InChI is InChI=1S/C15H18F3N3O.ClH/c16-12-7-10(8-13(17)14(12)18)15(22)21-4-1-11(9-21)20-5-2-19-3-6-20;/h7-8,11,19H,1-6,9H2;1H. The fraction of sp³-hybridized carbons (Fsp3) is 0.533. The monoisotopic (exact) mass is 349 g/mol. The highest BCUT2D eigenvalue weighted by Gasteiger charge is 2.31. The number of halogens is 4. The number of piperazine rings is 1. The lowest BCUT2D eigenvalue weighted by Gasteiger charge is -2.32. The van der Waals surface area contributed by atoms with Crippen molar-refractivity contribution in [3.63, 3.8) is 0 Å². The van der Waals surface area contributed by atoms with E-state index in [9.17, 15) is 18.0 Å². The Bertz CT molecular complexity index is 558. The van der Waals surface area contributed by atoms with Crippen LogP contribution in [0.3, 0.4) is 0 Å². The van der Waals surface area contributed by atoms with Crippen LogP contribution in [0.1, 0.15) is 16.8 Å². The fourth-order valence-electron chi connectivity index (χ4n) is 3.13. The van der Waals surface area contributed by atoms with Crippen LogP contribution in [-0.2, 0) is 0 Å². The summed E-state index contributed by atoms with van der Waals surface area (Å²) in [6.45, 7) is 4.82. The lowest BCUT2D eigenvalue weighted by molar-refractivity contribution is 0.0772. The second-order valence-electron chi connectivity index (χ2n) is 5.73. The van der Waals surface area contributed by atoms with E-state index < -0.39 is 23.4 Å². The van der Waals surface area contributed by atoms with Gasteiger partial charge in [-0.15, -0.1) is 12.4 Å². The Labute approximate surface area is 139 Å². The van der Waals surface area contributed by atoms with Gasteiger partial charge in [-0.25, -0.2) is 13.2 Å². The number of likely N-dealkylation sites (tertiary alicyclic amines) is 1. The smallest absolute Gasteiger partial charge is 0.254 e. The molecule has 0 spiro atoms. The van der Waals surface area contributed by atoms with Gasteiger partial charge < -0.3 is 10.2 Å². The number of nitrogens with one attached hydrogen (secondary N) is 1. The van der Waals surface area contributed by atoms with Gasteiger partial charge in [-0.1, -0.05) is 0 Å². The number of carbonyl (C=O) groups is 1. The molecule has 0 saturated carbocycles. The number of carbonyl (C=O) groups excluding carboxylic acids is 1. The number of hydrogen-bond acceptors (Lipinski definition) is 3. The Morgan fingerprint density at radius 1 is 1.09 bits per heavy atom. The van der Waals surface area contributed by atoms with Crippen LogP contribution in [0.5, 0.6) is 0 Å². The van der Waals surface area contributed by atoms with Gasteiger partial charge in [0.05, 0.1) is 0 Å². The predicted molar refractivity (Wildman–Crippen MR) is 82.3 cm³/mol. The zero-order valence-electron chi connectivity index (χ0n) is 12.5. The van der Waals surface area contributed by atoms with Gasteiger partial charge in [0.15, 0.2) is 17.5 Å². The molecule has 1 aromatic rings. The van der Waals surface area contributed by atoms with Crippen LogP contribution in [0.15, 0.2) is 12.1 Å². The topological polar surface area (TPSA) is 35.6 Å². The summed E-state index contributed by atoms with van der Waals surface area (Å²) in [5.41, 5.74) is -0.141. The Morgan fingerprint density at radius 2 is 1.70 bits per heavy atom. The molecule has 1 atom stereocenters. The molecule has 1 unspecified atom stereocenters. The maximum atomic E-state index is 13.3. The van der Waals surface area contributed by atoms with Gasteiger partial charge in [0.25, 0.3) is 5.91 Å². The SMILES string of the molecule is Cl.O=C(c1cc(F)c(F)c(F)c1)N1CCC(N2CCNCC2)C1. The molecule has 4 nitrogen and oxygen atoms in total. The van der Waals surface area contributed by atoms with E-state index in [4.69, 9.17) is 0 Å². The average Bonchev–Trinajstić information content (AvgIpc) is 3.02. The van der Waals surface area contributed by atoms with Gasteiger partial charge >= 0.3 is 0 Å². The molecule has 23 heavy (non-hydrogen) atoms. The molecule has 1 amide bonds. The van der Waals surface area contributed by atoms with Crippen LogP contribution >= 0.6 is 12.4 Å². The van der Waals surface area contributed by atoms with Crippen molar-refractivity contribution in [3.8, 4) is 0 Å². The summed E-state index contributed by atoms with van der Waals surface area (Å²) in [5, 5.41) is 3.27. The molecule has 1 aromatic carbocycles. The third kappa shape index (κ3) is 3.79. The van der Waals surface area contributed by atoms with E-state index in [0.29, 0.717) is 13.1 Å². The first-order valence-corrected chi connectivity index (χ1v) is 7.45. The van der Waals surface area contributed by atoms with E-state index >= 15 is 0 Å². The van der Waals surface area contributed by atoms with Gasteiger partial charge in [-0.2, -0.15) is 0 Å². The highest BCUT2D eigenvalue weighted by molar-refractivity contribution is 5.94. The van der Waals surface area contributed by atoms with Gasteiger partial charge in [0.1, 0.15) is 0 Å². The van der Waals surface area contributed by atoms with Crippen LogP contribution in [0.2, 0.25) is 0 Å². The maximum Gasteiger partial charge on any atom is 0.254 e. The van der Waals surface area contributed by atoms with Crippen molar-refractivity contribution in [1.82, 2.24) is 15.1 Å². The van der Waals surface area contributed by atoms with Crippen molar-refractivity contribution in [2.24, 2.45) is 0 Å². The van der Waals surface area contributed by atoms with E-state index in [1.807, 2.05) is 0 Å². The second kappa shape index (κ2) is 7.51. The van der Waals surface area contributed by atoms with Gasteiger partial charge in [0.2, 0.25) is 0 Å². The average molecular weight is 350 g/mol. The Hall–Kier alpha value is -1.31. The molecule has 1 N–H and O–H groups in total. The minimum absolute atomic E-state index is 0. The predicted octanol–water partition coefficient (Wildman–Crippen LogP) is 1.65. The van der Waals surface area contributed by atoms with Crippen molar-refractivity contribution in [2.75, 3.05) is 39.3 Å². The summed E-state index contributed by atoms with van der Waals surface area (Å²) >= 11 is 0. The van der Waals surface area contributed by atoms with Crippen LogP contribution in [-0.4, -0.2) is 61.0 Å². The number of nitrogens with zero attached hydrogens (tertiary/aromatic N) is 2. The number of rotatable bonds is 2. The largest absolute Gasteiger partial charge is 0.337 e. The first kappa shape index (κ1) is 18.0. The number of amides is 1. The third-order valence-corrected chi connectivity index (χ3v) is 4.35. The molecule has 2 aliphatic rings. The number of benzene rings is 1. The zero-order valence-corrected chi connectivity index (χ0v) is 13.3. The second-order valence-corrected chi connectivity index (χ2v) is 5.73. The molecule has 8 heteroatoms. The van der Waals surface area contributed by atoms with Crippen molar-refractivity contribution >= 4 is 18.3 Å². The molecular weight excluding hydrogens is 331 g/mol. The lowest BCUT2D eigenvalue weighted by atomic mass is 10.2. The van der Waals surface area contributed by atoms with Crippen LogP contribution in [0, 0.1) is 17.5 Å². The Kier molecular flexibility index (Phi) is 5.89. The quantitative estimate of drug-likeness (QED) is 0.825. The maximum absolute atomic E-state index is 13.3. The van der Waals surface area contributed by atoms with Crippen LogP contribution in [0.25, 0.3) is 0 Å². The Morgan fingerprint density at radius 3 is 2.30 bits per heavy atom. The summed E-state index contributed by atoms with van der Waals surface area (Å²) in [7, 11) is 0. The normalized spacial score (nSPS) is 22.0. The van der Waals surface area contributed by atoms with E-state index in [-0.39, 0.29) is 24.0 Å². The molecule has 2 heterocycles. The Balaban J connectivity index is 0.00000192. The van der Waals surface area contributed by atoms with E-state index in [2.05, 4.69) is 10.2 Å². The minimum Gasteiger partial charge on any atom is -0.337 e. The van der Waals surface area contributed by atoms with Crippen LogP contribution < -0.4 is 5.32 Å². The van der Waals surface area contributed by atoms with Crippen LogP contribution in [0.4, 0.5) is 13.2 Å². The van der Waals surface area contributed by atoms with Crippen molar-refractivity contribution in [1.29, 1.82) is 0 Å². The molecule has 128 valence electrons. The molecule has 2 saturated heterocycles. The van der Waals surface area contributed by atoms with Gasteiger partial charge in [-0.3, -0.25) is 9.69 Å². The summed E-state index contributed by atoms with van der Waals surface area (Å²) in [6, 6.07) is 1.80. The van der Waals surface area contributed by atoms with Gasteiger partial charge in [0, 0.05) is 50.9 Å². The van der Waals surface area contributed by atoms with E-state index in [1.165, 1.54) is 0 Å². The van der Waals surface area contributed by atoms with E-state index in [1.54, 1.807) is 4.90 Å². The van der Waals surface area contributed by atoms with Gasteiger partial charge in [-0.05, 0) is 18.6 Å². The highest BCUT2D eigenvalue weighted by atomic mass is 35.5. The first-order chi connectivity index (χ1) is 10.6. The molecule has 2 aliphatic heterocycles. The molecule has 0 radical (unpaired) electrons. The fourth-order valence-corrected chi connectivity index (χ4v) is 3.13. The molecule has 0 bridgehead atoms. The molecule has 0 aromatic heterocycles. The zero-order chi connectivity index (χ0) is 15.7. The van der Waals surface area contributed by atoms with Crippen molar-refractivity contribution in [3.05, 3.63) is 35.1 Å². The molecular formula is C15H19ClF3N3O. The first-order valence-electron chi connectivity index (χ1n) is 7.45. The lowest BCUT2D eigenvalue weighted by Crippen LogP contribution is -2.49. The molecule has 0 aliphatic carbocycles. The number of hydrogen-bond donors (Lipinski definition) is 1. The highest BCUT2D eigenvalue weighted by Crippen LogP contribution is 2.20. The molecule has 2 fully saturated rings. The summed E-state index contributed by atoms with van der Waals surface area (Å²) in [6.07, 6.45) is 0.845. The molecule has 3 rings (SSSR count). The summed E-state index contributed by atoms with van der Waals surface area (Å²) in [4.78, 5) is 16.2. The van der Waals surface area contributed by atoms with E-state index in [0.717, 1.165) is 44.7 Å². The minimum atomic E-state index is -1.54. The summed E-state index contributed by atoms with van der Waals surface area (Å²) < 4.78 is 39.5. The summed E-state index contributed by atoms with van der Waals surface area (Å²) in [5.74, 6) is -4.66. The van der Waals surface area contributed by atoms with Crippen molar-refractivity contribution < 1.29 is 18.0 Å². The third-order valence-electron chi connectivity index (χ3n) is 4.35.